The van der Waals surface area contributed by atoms with E-state index in [0.29, 0.717) is 28.3 Å². The zero-order valence-corrected chi connectivity index (χ0v) is 17.6. The number of nitrogens with zero attached hydrogens (tertiary/aromatic N) is 5. The van der Waals surface area contributed by atoms with Crippen LogP contribution in [0.25, 0.3) is 27.8 Å². The Labute approximate surface area is 178 Å². The van der Waals surface area contributed by atoms with Gasteiger partial charge in [-0.1, -0.05) is 31.9 Å². The van der Waals surface area contributed by atoms with Crippen LogP contribution < -0.4 is 5.56 Å². The number of pyridine rings is 1. The van der Waals surface area contributed by atoms with Crippen molar-refractivity contribution in [2.45, 2.75) is 45.3 Å². The highest BCUT2D eigenvalue weighted by atomic mass is 19.1. The van der Waals surface area contributed by atoms with Crippen molar-refractivity contribution in [3.05, 3.63) is 58.4 Å². The maximum absolute atomic E-state index is 13.5. The molecule has 0 unspecified atom stereocenters. The van der Waals surface area contributed by atoms with Crippen LogP contribution in [-0.2, 0) is 11.3 Å². The SMILES string of the molecule is COCc1nn2c(nnc3c(=O)n([C@@H]4CCCC[C@H]4C)ccc32)c1-c1ccc(F)cc1. The Morgan fingerprint density at radius 3 is 2.65 bits per heavy atom. The van der Waals surface area contributed by atoms with Gasteiger partial charge in [-0.15, -0.1) is 10.2 Å². The minimum atomic E-state index is -0.317. The fourth-order valence-corrected chi connectivity index (χ4v) is 4.73. The molecule has 0 amide bonds. The van der Waals surface area contributed by atoms with Crippen LogP contribution in [0.5, 0.6) is 0 Å². The molecule has 1 aliphatic carbocycles. The zero-order chi connectivity index (χ0) is 21.5. The summed E-state index contributed by atoms with van der Waals surface area (Å²) in [5.41, 5.74) is 3.40. The fraction of sp³-hybridized carbons (Fsp3) is 0.391. The summed E-state index contributed by atoms with van der Waals surface area (Å²) in [5, 5.41) is 13.3. The van der Waals surface area contributed by atoms with Gasteiger partial charge in [-0.05, 0) is 42.5 Å². The maximum atomic E-state index is 13.5. The molecule has 31 heavy (non-hydrogen) atoms. The lowest BCUT2D eigenvalue weighted by atomic mass is 9.85. The standard InChI is InChI=1S/C23H24FN5O2/c1-14-5-3-4-6-18(14)28-12-11-19-21(23(28)30)25-26-22-20(15-7-9-16(24)10-8-15)17(13-31-2)27-29(19)22/h7-12,14,18H,3-6,13H2,1-2H3/t14-,18-/m1/s1. The number of hydrogen-bond donors (Lipinski definition) is 0. The zero-order valence-electron chi connectivity index (χ0n) is 17.6. The lowest BCUT2D eigenvalue weighted by molar-refractivity contribution is 0.181. The van der Waals surface area contributed by atoms with Crippen LogP contribution >= 0.6 is 0 Å². The van der Waals surface area contributed by atoms with Gasteiger partial charge in [-0.2, -0.15) is 5.10 Å². The van der Waals surface area contributed by atoms with Crippen molar-refractivity contribution in [2.24, 2.45) is 5.92 Å². The lowest BCUT2D eigenvalue weighted by Gasteiger charge is -2.30. The summed E-state index contributed by atoms with van der Waals surface area (Å²) < 4.78 is 22.2. The molecule has 3 aromatic heterocycles. The summed E-state index contributed by atoms with van der Waals surface area (Å²) in [4.78, 5) is 13.3. The molecule has 2 atom stereocenters. The van der Waals surface area contributed by atoms with Crippen LogP contribution in [0.3, 0.4) is 0 Å². The van der Waals surface area contributed by atoms with Crippen molar-refractivity contribution in [3.8, 4) is 11.1 Å². The molecule has 8 heteroatoms. The number of halogens is 1. The summed E-state index contributed by atoms with van der Waals surface area (Å²) in [5.74, 6) is 0.131. The molecule has 0 N–H and O–H groups in total. The van der Waals surface area contributed by atoms with Crippen LogP contribution in [0.2, 0.25) is 0 Å². The first kappa shape index (κ1) is 19.8. The number of rotatable bonds is 4. The second kappa shape index (κ2) is 7.85. The molecule has 5 rings (SSSR count). The Morgan fingerprint density at radius 2 is 1.90 bits per heavy atom. The molecule has 0 radical (unpaired) electrons. The monoisotopic (exact) mass is 421 g/mol. The summed E-state index contributed by atoms with van der Waals surface area (Å²) in [6.45, 7) is 2.46. The van der Waals surface area contributed by atoms with Gasteiger partial charge < -0.3 is 9.30 Å². The minimum absolute atomic E-state index is 0.141. The Morgan fingerprint density at radius 1 is 1.13 bits per heavy atom. The number of benzene rings is 1. The fourth-order valence-electron chi connectivity index (χ4n) is 4.73. The normalized spacial score (nSPS) is 19.3. The highest BCUT2D eigenvalue weighted by Gasteiger charge is 2.25. The smallest absolute Gasteiger partial charge is 0.280 e. The molecule has 1 saturated carbocycles. The highest BCUT2D eigenvalue weighted by Crippen LogP contribution is 2.33. The third-order valence-electron chi connectivity index (χ3n) is 6.32. The van der Waals surface area contributed by atoms with Gasteiger partial charge in [0, 0.05) is 19.3 Å². The summed E-state index contributed by atoms with van der Waals surface area (Å²) >= 11 is 0. The minimum Gasteiger partial charge on any atom is -0.378 e. The van der Waals surface area contributed by atoms with Gasteiger partial charge in [0.05, 0.1) is 17.9 Å². The Bertz CT molecular complexity index is 1310. The molecule has 0 saturated heterocycles. The molecule has 7 nitrogen and oxygen atoms in total. The van der Waals surface area contributed by atoms with Gasteiger partial charge in [-0.3, -0.25) is 4.79 Å². The van der Waals surface area contributed by atoms with E-state index in [9.17, 15) is 9.18 Å². The Balaban J connectivity index is 1.71. The molecular weight excluding hydrogens is 397 g/mol. The molecule has 3 heterocycles. The number of hydrogen-bond acceptors (Lipinski definition) is 5. The number of fused-ring (bicyclic) bond motifs is 3. The van der Waals surface area contributed by atoms with Crippen molar-refractivity contribution >= 4 is 16.7 Å². The number of methoxy groups -OCH3 is 1. The molecule has 0 spiro atoms. The largest absolute Gasteiger partial charge is 0.378 e. The topological polar surface area (TPSA) is 74.3 Å². The van der Waals surface area contributed by atoms with Gasteiger partial charge in [0.1, 0.15) is 11.3 Å². The summed E-state index contributed by atoms with van der Waals surface area (Å²) in [7, 11) is 1.59. The molecule has 4 aromatic rings. The molecule has 0 bridgehead atoms. The third kappa shape index (κ3) is 3.31. The first-order chi connectivity index (χ1) is 15.1. The van der Waals surface area contributed by atoms with Gasteiger partial charge in [0.2, 0.25) is 0 Å². The second-order valence-electron chi connectivity index (χ2n) is 8.29. The van der Waals surface area contributed by atoms with Crippen molar-refractivity contribution in [1.29, 1.82) is 0 Å². The molecule has 0 aliphatic heterocycles. The van der Waals surface area contributed by atoms with Gasteiger partial charge in [0.15, 0.2) is 11.2 Å². The van der Waals surface area contributed by atoms with E-state index >= 15 is 0 Å². The van der Waals surface area contributed by atoms with E-state index in [1.165, 1.54) is 18.6 Å². The quantitative estimate of drug-likeness (QED) is 0.495. The van der Waals surface area contributed by atoms with E-state index in [1.807, 2.05) is 16.8 Å². The molecule has 160 valence electrons. The van der Waals surface area contributed by atoms with Crippen LogP contribution in [0.1, 0.15) is 44.3 Å². The molecular formula is C23H24FN5O2. The molecule has 1 aromatic carbocycles. The predicted molar refractivity (Wildman–Crippen MR) is 115 cm³/mol. The summed E-state index contributed by atoms with van der Waals surface area (Å²) in [6.07, 6.45) is 6.32. The van der Waals surface area contributed by atoms with Gasteiger partial charge in [-0.25, -0.2) is 8.91 Å². The van der Waals surface area contributed by atoms with Crippen molar-refractivity contribution < 1.29 is 9.13 Å². The average molecular weight is 421 g/mol. The van der Waals surface area contributed by atoms with Gasteiger partial charge in [0.25, 0.3) is 5.56 Å². The van der Waals surface area contributed by atoms with Crippen molar-refractivity contribution in [3.63, 3.8) is 0 Å². The van der Waals surface area contributed by atoms with Crippen molar-refractivity contribution in [2.75, 3.05) is 7.11 Å². The van der Waals surface area contributed by atoms with Gasteiger partial charge >= 0.3 is 0 Å². The predicted octanol–water partition coefficient (Wildman–Crippen LogP) is 4.14. The Kier molecular flexibility index (Phi) is 5.02. The maximum Gasteiger partial charge on any atom is 0.280 e. The van der Waals surface area contributed by atoms with E-state index in [2.05, 4.69) is 22.2 Å². The van der Waals surface area contributed by atoms with E-state index < -0.39 is 0 Å². The van der Waals surface area contributed by atoms with E-state index in [-0.39, 0.29) is 24.0 Å². The van der Waals surface area contributed by atoms with E-state index in [1.54, 1.807) is 23.8 Å². The first-order valence-corrected chi connectivity index (χ1v) is 10.6. The third-order valence-corrected chi connectivity index (χ3v) is 6.32. The lowest BCUT2D eigenvalue weighted by Crippen LogP contribution is -2.31. The van der Waals surface area contributed by atoms with E-state index in [0.717, 1.165) is 30.4 Å². The second-order valence-corrected chi connectivity index (χ2v) is 8.29. The molecule has 1 fully saturated rings. The van der Waals surface area contributed by atoms with Crippen LogP contribution in [0.4, 0.5) is 4.39 Å². The number of aromatic nitrogens is 5. The van der Waals surface area contributed by atoms with Crippen LogP contribution in [-0.4, -0.2) is 31.5 Å². The Hall–Kier alpha value is -3.13. The van der Waals surface area contributed by atoms with Crippen LogP contribution in [0, 0.1) is 11.7 Å². The molecule has 1 aliphatic rings. The van der Waals surface area contributed by atoms with E-state index in [4.69, 9.17) is 4.74 Å². The van der Waals surface area contributed by atoms with Crippen molar-refractivity contribution in [1.82, 2.24) is 24.4 Å². The summed E-state index contributed by atoms with van der Waals surface area (Å²) in [6, 6.07) is 8.22. The average Bonchev–Trinajstić information content (AvgIpc) is 3.14. The highest BCUT2D eigenvalue weighted by molar-refractivity contribution is 5.84. The van der Waals surface area contributed by atoms with Crippen LogP contribution in [0.15, 0.2) is 41.3 Å². The first-order valence-electron chi connectivity index (χ1n) is 10.6. The number of ether oxygens (including phenoxy) is 1.